The molecule has 25 heavy (non-hydrogen) atoms. The number of pyridine rings is 1. The molecule has 5 heteroatoms. The van der Waals surface area contributed by atoms with Gasteiger partial charge in [-0.3, -0.25) is 9.69 Å². The molecule has 0 bridgehead atoms. The molecule has 0 atom stereocenters. The minimum atomic E-state index is -0.0596. The molecule has 0 aliphatic heterocycles. The van der Waals surface area contributed by atoms with E-state index in [1.54, 1.807) is 6.07 Å². The smallest absolute Gasteiger partial charge is 0.239 e. The van der Waals surface area contributed by atoms with Crippen LogP contribution in [0.4, 0.5) is 5.82 Å². The average Bonchev–Trinajstić information content (AvgIpc) is 2.54. The molecule has 1 aromatic heterocycles. The van der Waals surface area contributed by atoms with Gasteiger partial charge < -0.3 is 10.1 Å². The van der Waals surface area contributed by atoms with Crippen molar-refractivity contribution in [2.75, 3.05) is 32.1 Å². The van der Waals surface area contributed by atoms with Crippen molar-refractivity contribution in [3.63, 3.8) is 0 Å². The lowest BCUT2D eigenvalue weighted by Gasteiger charge is -2.16. The summed E-state index contributed by atoms with van der Waals surface area (Å²) in [6, 6.07) is 11.7. The number of carbonyl (C=O) groups excluding carboxylic acids is 1. The molecule has 0 saturated heterocycles. The van der Waals surface area contributed by atoms with Crippen LogP contribution in [0.25, 0.3) is 0 Å². The summed E-state index contributed by atoms with van der Waals surface area (Å²) in [5.41, 5.74) is 3.38. The van der Waals surface area contributed by atoms with E-state index in [4.69, 9.17) is 4.74 Å². The monoisotopic (exact) mass is 341 g/mol. The van der Waals surface area contributed by atoms with E-state index in [9.17, 15) is 4.79 Å². The van der Waals surface area contributed by atoms with Gasteiger partial charge in [0, 0.05) is 12.2 Å². The predicted octanol–water partition coefficient (Wildman–Crippen LogP) is 3.35. The van der Waals surface area contributed by atoms with E-state index < -0.39 is 0 Å². The van der Waals surface area contributed by atoms with E-state index in [1.807, 2.05) is 37.1 Å². The Morgan fingerprint density at radius 1 is 1.16 bits per heavy atom. The van der Waals surface area contributed by atoms with Gasteiger partial charge >= 0.3 is 0 Å². The molecule has 1 amide bonds. The summed E-state index contributed by atoms with van der Waals surface area (Å²) >= 11 is 0. The summed E-state index contributed by atoms with van der Waals surface area (Å²) in [5.74, 6) is 1.43. The highest BCUT2D eigenvalue weighted by atomic mass is 16.5. The quantitative estimate of drug-likeness (QED) is 0.748. The van der Waals surface area contributed by atoms with Crippen LogP contribution in [0.3, 0.4) is 0 Å². The van der Waals surface area contributed by atoms with Gasteiger partial charge in [-0.1, -0.05) is 12.1 Å². The first-order valence-corrected chi connectivity index (χ1v) is 8.56. The van der Waals surface area contributed by atoms with Crippen LogP contribution < -0.4 is 10.1 Å². The van der Waals surface area contributed by atoms with Gasteiger partial charge in [-0.05, 0) is 69.6 Å². The minimum absolute atomic E-state index is 0.0596. The molecule has 1 aromatic carbocycles. The van der Waals surface area contributed by atoms with Gasteiger partial charge in [0.25, 0.3) is 0 Å². The lowest BCUT2D eigenvalue weighted by atomic mass is 10.1. The van der Waals surface area contributed by atoms with E-state index in [0.717, 1.165) is 24.4 Å². The second kappa shape index (κ2) is 9.18. The number of aryl methyl sites for hydroxylation is 3. The third kappa shape index (κ3) is 6.55. The Labute approximate surface area is 150 Å². The summed E-state index contributed by atoms with van der Waals surface area (Å²) in [6.07, 6.45) is 0.861. The number of carbonyl (C=O) groups is 1. The van der Waals surface area contributed by atoms with Gasteiger partial charge in [0.15, 0.2) is 0 Å². The van der Waals surface area contributed by atoms with Crippen molar-refractivity contribution in [3.8, 4) is 5.75 Å². The average molecular weight is 341 g/mol. The maximum absolute atomic E-state index is 12.0. The number of anilines is 1. The maximum atomic E-state index is 12.0. The Morgan fingerprint density at radius 3 is 2.68 bits per heavy atom. The Kier molecular flexibility index (Phi) is 6.95. The fourth-order valence-corrected chi connectivity index (χ4v) is 2.45. The van der Waals surface area contributed by atoms with Gasteiger partial charge in [-0.2, -0.15) is 0 Å². The van der Waals surface area contributed by atoms with Crippen molar-refractivity contribution in [2.45, 2.75) is 27.2 Å². The fraction of sp³-hybridized carbons (Fsp3) is 0.400. The number of aromatic nitrogens is 1. The molecular formula is C20H27N3O2. The Hall–Kier alpha value is -2.40. The van der Waals surface area contributed by atoms with Crippen LogP contribution in [0, 0.1) is 20.8 Å². The van der Waals surface area contributed by atoms with Crippen LogP contribution in [-0.4, -0.2) is 42.5 Å². The van der Waals surface area contributed by atoms with Crippen molar-refractivity contribution < 1.29 is 9.53 Å². The number of hydrogen-bond acceptors (Lipinski definition) is 4. The minimum Gasteiger partial charge on any atom is -0.494 e. The first-order valence-electron chi connectivity index (χ1n) is 8.56. The number of rotatable bonds is 8. The van der Waals surface area contributed by atoms with Crippen LogP contribution in [0.2, 0.25) is 0 Å². The normalized spacial score (nSPS) is 10.8. The first-order chi connectivity index (χ1) is 11.9. The third-order valence-corrected chi connectivity index (χ3v) is 4.00. The Morgan fingerprint density at radius 2 is 1.96 bits per heavy atom. The van der Waals surface area contributed by atoms with Crippen LogP contribution in [0.1, 0.15) is 23.2 Å². The van der Waals surface area contributed by atoms with Gasteiger partial charge in [0.1, 0.15) is 11.6 Å². The fourth-order valence-electron chi connectivity index (χ4n) is 2.45. The summed E-state index contributed by atoms with van der Waals surface area (Å²) < 4.78 is 5.77. The highest BCUT2D eigenvalue weighted by Crippen LogP contribution is 2.16. The zero-order valence-corrected chi connectivity index (χ0v) is 15.5. The van der Waals surface area contributed by atoms with Crippen molar-refractivity contribution in [1.82, 2.24) is 9.88 Å². The van der Waals surface area contributed by atoms with Gasteiger partial charge in [0.2, 0.25) is 5.91 Å². The molecule has 0 unspecified atom stereocenters. The van der Waals surface area contributed by atoms with Crippen LogP contribution in [-0.2, 0) is 4.79 Å². The molecule has 0 saturated carbocycles. The molecular weight excluding hydrogens is 314 g/mol. The largest absolute Gasteiger partial charge is 0.494 e. The molecule has 0 aliphatic rings. The lowest BCUT2D eigenvalue weighted by molar-refractivity contribution is -0.117. The second-order valence-corrected chi connectivity index (χ2v) is 6.40. The molecule has 0 spiro atoms. The van der Waals surface area contributed by atoms with Crippen molar-refractivity contribution >= 4 is 11.7 Å². The topological polar surface area (TPSA) is 54.5 Å². The first kappa shape index (κ1) is 18.9. The van der Waals surface area contributed by atoms with Gasteiger partial charge in [-0.25, -0.2) is 4.98 Å². The standard InChI is InChI=1S/C20H27N3O2/c1-15-9-10-18(13-16(15)2)25-12-6-11-23(4)14-20(24)22-19-8-5-7-17(3)21-19/h5,7-10,13H,6,11-12,14H2,1-4H3,(H,21,22,24). The van der Waals surface area contributed by atoms with Crippen molar-refractivity contribution in [2.24, 2.45) is 0 Å². The van der Waals surface area contributed by atoms with Crippen molar-refractivity contribution in [1.29, 1.82) is 0 Å². The molecule has 0 radical (unpaired) electrons. The lowest BCUT2D eigenvalue weighted by Crippen LogP contribution is -2.31. The van der Waals surface area contributed by atoms with E-state index >= 15 is 0 Å². The predicted molar refractivity (Wildman–Crippen MR) is 101 cm³/mol. The number of ether oxygens (including phenoxy) is 1. The van der Waals surface area contributed by atoms with Gasteiger partial charge in [0.05, 0.1) is 13.2 Å². The summed E-state index contributed by atoms with van der Waals surface area (Å²) in [5, 5.41) is 2.82. The van der Waals surface area contributed by atoms with Crippen LogP contribution in [0.15, 0.2) is 36.4 Å². The highest BCUT2D eigenvalue weighted by Gasteiger charge is 2.07. The molecule has 0 aliphatic carbocycles. The molecule has 1 N–H and O–H groups in total. The SMILES string of the molecule is Cc1cccc(NC(=O)CN(C)CCCOc2ccc(C)c(C)c2)n1. The summed E-state index contributed by atoms with van der Waals surface area (Å²) in [6.45, 7) is 7.83. The zero-order valence-electron chi connectivity index (χ0n) is 15.5. The Balaban J connectivity index is 1.67. The van der Waals surface area contributed by atoms with Crippen molar-refractivity contribution in [3.05, 3.63) is 53.2 Å². The summed E-state index contributed by atoms with van der Waals surface area (Å²) in [4.78, 5) is 18.3. The number of likely N-dealkylation sites (N-methyl/N-ethyl adjacent to an activating group) is 1. The summed E-state index contributed by atoms with van der Waals surface area (Å²) in [7, 11) is 1.93. The zero-order chi connectivity index (χ0) is 18.2. The van der Waals surface area contributed by atoms with E-state index in [0.29, 0.717) is 19.0 Å². The van der Waals surface area contributed by atoms with Crippen LogP contribution >= 0.6 is 0 Å². The van der Waals surface area contributed by atoms with E-state index in [2.05, 4.69) is 36.3 Å². The molecule has 134 valence electrons. The Bertz CT molecular complexity index is 716. The van der Waals surface area contributed by atoms with Crippen LogP contribution in [0.5, 0.6) is 5.75 Å². The second-order valence-electron chi connectivity index (χ2n) is 6.40. The number of amides is 1. The number of hydrogen-bond donors (Lipinski definition) is 1. The molecule has 2 aromatic rings. The van der Waals surface area contributed by atoms with E-state index in [-0.39, 0.29) is 5.91 Å². The maximum Gasteiger partial charge on any atom is 0.239 e. The molecule has 1 heterocycles. The van der Waals surface area contributed by atoms with E-state index in [1.165, 1.54) is 11.1 Å². The molecule has 2 rings (SSSR count). The molecule has 0 fully saturated rings. The highest BCUT2D eigenvalue weighted by molar-refractivity contribution is 5.91. The van der Waals surface area contributed by atoms with Gasteiger partial charge in [-0.15, -0.1) is 0 Å². The number of nitrogens with one attached hydrogen (secondary N) is 1. The number of nitrogens with zero attached hydrogens (tertiary/aromatic N) is 2. The molecule has 5 nitrogen and oxygen atoms in total. The third-order valence-electron chi connectivity index (χ3n) is 4.00. The number of benzene rings is 1.